The standard InChI is InChI=1S/C21H38F2N4O8.C6H14N2O4/c22-21(23,9-25)19(30)20(31)27-10-5-12(26)18(35-17-4-2-13(29)15(7-24)34-17)14(6-10)33-16-3-1-11(8-28)32-16;7-1-2-4(9)5(10)3(8)6(11)12-2/h10-19,28-30H,1-9,24-26H2,(H,27,31);2-6,9-11H,1,7-8H2/t10?,11?,12?,13-,14?,15?,16?,17+,18+,19?;2-,3+,4+,5?,6-/m00/s1. The summed E-state index contributed by atoms with van der Waals surface area (Å²) in [6, 6.07) is -2.36. The number of aliphatic hydroxyl groups excluding tert-OH is 6. The predicted octanol–water partition coefficient (Wildman–Crippen LogP) is -5.65. The summed E-state index contributed by atoms with van der Waals surface area (Å²) in [6.45, 7) is -1.20. The third-order valence-electron chi connectivity index (χ3n) is 8.72. The summed E-state index contributed by atoms with van der Waals surface area (Å²) in [7, 11) is 0. The molecule has 4 rings (SSSR count). The number of hydrogen-bond donors (Lipinski definition) is 12. The molecule has 3 aliphatic heterocycles. The summed E-state index contributed by atoms with van der Waals surface area (Å²) >= 11 is 0. The van der Waals surface area contributed by atoms with E-state index in [1.807, 2.05) is 0 Å². The molecule has 20 heteroatoms. The minimum atomic E-state index is -3.78. The number of nitrogens with one attached hydrogen (secondary N) is 1. The molecule has 15 atom stereocenters. The molecule has 0 bridgehead atoms. The van der Waals surface area contributed by atoms with Crippen LogP contribution in [-0.2, 0) is 28.5 Å². The SMILES string of the molecule is NCC1O[C@H](O[C@@H]2C(N)CC(NC(=O)C(O)C(F)(F)CN)CC2OC2CCC(CO)O2)CC[C@@H]1O.NC[C@@H]1O[C@H](O)[C@H](N)C(O)[C@@H]1O. The smallest absolute Gasteiger partial charge is 0.294 e. The van der Waals surface area contributed by atoms with Gasteiger partial charge in [0.1, 0.15) is 24.4 Å². The molecule has 1 saturated carbocycles. The predicted molar refractivity (Wildman–Crippen MR) is 157 cm³/mol. The second-order valence-electron chi connectivity index (χ2n) is 12.3. The highest BCUT2D eigenvalue weighted by Gasteiger charge is 2.46. The third kappa shape index (κ3) is 10.6. The molecule has 0 radical (unpaired) electrons. The van der Waals surface area contributed by atoms with E-state index in [9.17, 15) is 39.1 Å². The van der Waals surface area contributed by atoms with Gasteiger partial charge in [-0.3, -0.25) is 4.79 Å². The fourth-order valence-corrected chi connectivity index (χ4v) is 5.87. The van der Waals surface area contributed by atoms with Gasteiger partial charge in [-0.2, -0.15) is 0 Å². The van der Waals surface area contributed by atoms with E-state index in [-0.39, 0.29) is 38.6 Å². The Morgan fingerprint density at radius 2 is 1.53 bits per heavy atom. The minimum Gasteiger partial charge on any atom is -0.394 e. The molecule has 3 saturated heterocycles. The van der Waals surface area contributed by atoms with Gasteiger partial charge in [0.2, 0.25) is 0 Å². The van der Waals surface area contributed by atoms with Crippen molar-refractivity contribution < 1.29 is 67.9 Å². The Labute approximate surface area is 270 Å². The monoisotopic (exact) mass is 690 g/mol. The molecule has 8 unspecified atom stereocenters. The van der Waals surface area contributed by atoms with E-state index in [4.69, 9.17) is 57.5 Å². The van der Waals surface area contributed by atoms with Gasteiger partial charge in [0, 0.05) is 38.0 Å². The molecule has 1 amide bonds. The van der Waals surface area contributed by atoms with E-state index < -0.39 is 104 Å². The number of aliphatic hydroxyl groups is 6. The molecule has 3 heterocycles. The maximum atomic E-state index is 13.7. The fourth-order valence-electron chi connectivity index (χ4n) is 5.87. The lowest BCUT2D eigenvalue weighted by molar-refractivity contribution is -0.273. The lowest BCUT2D eigenvalue weighted by Crippen LogP contribution is -2.62. The Morgan fingerprint density at radius 1 is 0.894 bits per heavy atom. The third-order valence-corrected chi connectivity index (χ3v) is 8.72. The van der Waals surface area contributed by atoms with E-state index in [0.29, 0.717) is 25.7 Å². The van der Waals surface area contributed by atoms with Crippen molar-refractivity contribution in [3.63, 3.8) is 0 Å². The van der Waals surface area contributed by atoms with Crippen molar-refractivity contribution >= 4 is 5.91 Å². The van der Waals surface area contributed by atoms with Crippen LogP contribution in [0.25, 0.3) is 0 Å². The second-order valence-corrected chi connectivity index (χ2v) is 12.3. The highest BCUT2D eigenvalue weighted by molar-refractivity contribution is 5.82. The number of rotatable bonds is 11. The number of carbonyl (C=O) groups excluding carboxylic acids is 1. The molecule has 17 N–H and O–H groups in total. The number of hydrogen-bond acceptors (Lipinski definition) is 17. The van der Waals surface area contributed by atoms with Gasteiger partial charge in [0.15, 0.2) is 25.0 Å². The molecule has 0 aromatic heterocycles. The van der Waals surface area contributed by atoms with Crippen molar-refractivity contribution in [1.82, 2.24) is 5.32 Å². The highest BCUT2D eigenvalue weighted by Crippen LogP contribution is 2.32. The van der Waals surface area contributed by atoms with Crippen LogP contribution in [0.3, 0.4) is 0 Å². The Hall–Kier alpha value is -1.31. The second kappa shape index (κ2) is 18.1. The summed E-state index contributed by atoms with van der Waals surface area (Å²) in [5, 5.41) is 59.1. The molecule has 0 aromatic carbocycles. The number of alkyl halides is 2. The van der Waals surface area contributed by atoms with Gasteiger partial charge in [-0.05, 0) is 25.7 Å². The van der Waals surface area contributed by atoms with E-state index in [1.165, 1.54) is 0 Å². The van der Waals surface area contributed by atoms with E-state index in [2.05, 4.69) is 5.32 Å². The average Bonchev–Trinajstić information content (AvgIpc) is 3.51. The molecule has 18 nitrogen and oxygen atoms in total. The number of ether oxygens (including phenoxy) is 5. The van der Waals surface area contributed by atoms with Gasteiger partial charge in [0.05, 0.1) is 43.6 Å². The lowest BCUT2D eigenvalue weighted by Gasteiger charge is -2.43. The molecule has 47 heavy (non-hydrogen) atoms. The molecule has 1 aliphatic carbocycles. The topological polar surface area (TPSA) is 327 Å². The average molecular weight is 691 g/mol. The summed E-state index contributed by atoms with van der Waals surface area (Å²) < 4.78 is 55.8. The first-order valence-electron chi connectivity index (χ1n) is 15.7. The first-order valence-corrected chi connectivity index (χ1v) is 15.7. The van der Waals surface area contributed by atoms with E-state index >= 15 is 0 Å². The summed E-state index contributed by atoms with van der Waals surface area (Å²) in [5.74, 6) is -5.04. The maximum absolute atomic E-state index is 13.7. The van der Waals surface area contributed by atoms with E-state index in [0.717, 1.165) is 0 Å². The van der Waals surface area contributed by atoms with Crippen molar-refractivity contribution in [2.75, 3.05) is 26.2 Å². The van der Waals surface area contributed by atoms with Crippen molar-refractivity contribution in [3.05, 3.63) is 0 Å². The van der Waals surface area contributed by atoms with Crippen molar-refractivity contribution in [2.24, 2.45) is 28.7 Å². The van der Waals surface area contributed by atoms with E-state index in [1.54, 1.807) is 0 Å². The zero-order valence-corrected chi connectivity index (χ0v) is 26.0. The number of amides is 1. The first kappa shape index (κ1) is 40.1. The Balaban J connectivity index is 0.000000420. The molecular formula is C27H52F2N6O12. The highest BCUT2D eigenvalue weighted by atomic mass is 19.3. The van der Waals surface area contributed by atoms with Crippen LogP contribution in [0, 0.1) is 0 Å². The van der Waals surface area contributed by atoms with Crippen molar-refractivity contribution in [2.45, 2.75) is 136 Å². The van der Waals surface area contributed by atoms with Gasteiger partial charge in [-0.15, -0.1) is 0 Å². The molecular weight excluding hydrogens is 638 g/mol. The summed E-state index contributed by atoms with van der Waals surface area (Å²) in [6.07, 6.45) is -9.12. The van der Waals surface area contributed by atoms with Gasteiger partial charge in [0.25, 0.3) is 11.8 Å². The van der Waals surface area contributed by atoms with Crippen LogP contribution >= 0.6 is 0 Å². The molecule has 4 aliphatic rings. The van der Waals surface area contributed by atoms with Crippen LogP contribution in [0.1, 0.15) is 38.5 Å². The minimum absolute atomic E-state index is 0.0298. The van der Waals surface area contributed by atoms with Crippen LogP contribution in [0.5, 0.6) is 0 Å². The van der Waals surface area contributed by atoms with Gasteiger partial charge in [-0.1, -0.05) is 0 Å². The molecule has 0 aromatic rings. The van der Waals surface area contributed by atoms with Gasteiger partial charge < -0.3 is 88.3 Å². The normalized spacial score (nSPS) is 41.9. The summed E-state index contributed by atoms with van der Waals surface area (Å²) in [5.41, 5.74) is 27.5. The Bertz CT molecular complexity index is 963. The van der Waals surface area contributed by atoms with Crippen LogP contribution in [0.15, 0.2) is 0 Å². The zero-order chi connectivity index (χ0) is 35.1. The Morgan fingerprint density at radius 3 is 2.13 bits per heavy atom. The largest absolute Gasteiger partial charge is 0.394 e. The number of halogens is 2. The van der Waals surface area contributed by atoms with Crippen LogP contribution in [0.2, 0.25) is 0 Å². The van der Waals surface area contributed by atoms with Crippen LogP contribution in [-0.4, -0.2) is 161 Å². The molecule has 276 valence electrons. The quantitative estimate of drug-likeness (QED) is 0.0961. The van der Waals surface area contributed by atoms with Crippen molar-refractivity contribution in [1.29, 1.82) is 0 Å². The van der Waals surface area contributed by atoms with Gasteiger partial charge >= 0.3 is 0 Å². The first-order chi connectivity index (χ1) is 22.1. The lowest BCUT2D eigenvalue weighted by atomic mass is 9.86. The van der Waals surface area contributed by atoms with Gasteiger partial charge in [-0.25, -0.2) is 8.78 Å². The fraction of sp³-hybridized carbons (Fsp3) is 0.963. The molecule has 0 spiro atoms. The summed E-state index contributed by atoms with van der Waals surface area (Å²) in [4.78, 5) is 12.2. The Kier molecular flexibility index (Phi) is 15.4. The van der Waals surface area contributed by atoms with Crippen LogP contribution in [0.4, 0.5) is 8.78 Å². The number of nitrogens with two attached hydrogens (primary N) is 5. The maximum Gasteiger partial charge on any atom is 0.294 e. The van der Waals surface area contributed by atoms with Crippen molar-refractivity contribution in [3.8, 4) is 0 Å². The van der Waals surface area contributed by atoms with Crippen LogP contribution < -0.4 is 34.0 Å². The number of carbonyl (C=O) groups is 1. The molecule has 4 fully saturated rings. The zero-order valence-electron chi connectivity index (χ0n) is 26.0.